The Labute approximate surface area is 118 Å². The number of ether oxygens (including phenoxy) is 1. The molecule has 1 aliphatic heterocycles. The standard InChI is InChI=1S/C14H21BrN2O/c1-11(13-5-3-4-6-14(13)15)16-9-12-10-17(2)7-8-18-12/h3-6,11-12,16H,7-10H2,1-2H3/t11-,12-/m0/s1. The Kier molecular flexibility index (Phi) is 5.18. The monoisotopic (exact) mass is 312 g/mol. The van der Waals surface area contributed by atoms with Gasteiger partial charge in [0, 0.05) is 30.1 Å². The third-order valence-electron chi connectivity index (χ3n) is 3.37. The molecule has 1 aliphatic rings. The van der Waals surface area contributed by atoms with E-state index in [0.717, 1.165) is 30.7 Å². The highest BCUT2D eigenvalue weighted by Crippen LogP contribution is 2.22. The first-order valence-corrected chi connectivity index (χ1v) is 7.24. The Hall–Kier alpha value is -0.420. The van der Waals surface area contributed by atoms with Crippen LogP contribution in [0.15, 0.2) is 28.7 Å². The molecule has 1 aromatic rings. The van der Waals surface area contributed by atoms with Crippen molar-refractivity contribution in [3.8, 4) is 0 Å². The molecule has 0 amide bonds. The summed E-state index contributed by atoms with van der Waals surface area (Å²) in [7, 11) is 2.15. The van der Waals surface area contributed by atoms with Crippen molar-refractivity contribution < 1.29 is 4.74 Å². The first kappa shape index (κ1) is 14.0. The maximum Gasteiger partial charge on any atom is 0.0826 e. The Morgan fingerprint density at radius 2 is 2.28 bits per heavy atom. The smallest absolute Gasteiger partial charge is 0.0826 e. The van der Waals surface area contributed by atoms with Crippen LogP contribution >= 0.6 is 15.9 Å². The average molecular weight is 313 g/mol. The lowest BCUT2D eigenvalue weighted by atomic mass is 10.1. The Bertz CT molecular complexity index is 386. The van der Waals surface area contributed by atoms with Crippen LogP contribution in [0.3, 0.4) is 0 Å². The van der Waals surface area contributed by atoms with Gasteiger partial charge in [0.05, 0.1) is 12.7 Å². The SMILES string of the molecule is C[C@H](NC[C@H]1CN(C)CCO1)c1ccccc1Br. The van der Waals surface area contributed by atoms with Crippen molar-refractivity contribution >= 4 is 15.9 Å². The van der Waals surface area contributed by atoms with Crippen LogP contribution in [-0.4, -0.2) is 44.3 Å². The normalized spacial score (nSPS) is 22.9. The number of benzene rings is 1. The highest BCUT2D eigenvalue weighted by Gasteiger charge is 2.18. The predicted molar refractivity (Wildman–Crippen MR) is 77.8 cm³/mol. The lowest BCUT2D eigenvalue weighted by Gasteiger charge is -2.31. The van der Waals surface area contributed by atoms with E-state index in [1.54, 1.807) is 0 Å². The Morgan fingerprint density at radius 1 is 1.50 bits per heavy atom. The maximum absolute atomic E-state index is 5.75. The van der Waals surface area contributed by atoms with Gasteiger partial charge in [0.1, 0.15) is 0 Å². The van der Waals surface area contributed by atoms with E-state index in [4.69, 9.17) is 4.74 Å². The molecule has 100 valence electrons. The largest absolute Gasteiger partial charge is 0.374 e. The summed E-state index contributed by atoms with van der Waals surface area (Å²) in [5.74, 6) is 0. The zero-order valence-electron chi connectivity index (χ0n) is 11.0. The van der Waals surface area contributed by atoms with E-state index >= 15 is 0 Å². The van der Waals surface area contributed by atoms with Gasteiger partial charge in [-0.3, -0.25) is 0 Å². The second-order valence-electron chi connectivity index (χ2n) is 4.91. The summed E-state index contributed by atoms with van der Waals surface area (Å²) in [4.78, 5) is 2.32. The van der Waals surface area contributed by atoms with Crippen LogP contribution in [-0.2, 0) is 4.74 Å². The van der Waals surface area contributed by atoms with Crippen molar-refractivity contribution in [2.75, 3.05) is 33.3 Å². The van der Waals surface area contributed by atoms with Crippen LogP contribution in [0.1, 0.15) is 18.5 Å². The Balaban J connectivity index is 1.84. The fourth-order valence-corrected chi connectivity index (χ4v) is 2.86. The van der Waals surface area contributed by atoms with Gasteiger partial charge < -0.3 is 15.0 Å². The highest BCUT2D eigenvalue weighted by atomic mass is 79.9. The summed E-state index contributed by atoms with van der Waals surface area (Å²) in [6.45, 7) is 5.97. The van der Waals surface area contributed by atoms with Gasteiger partial charge in [-0.1, -0.05) is 34.1 Å². The molecule has 1 N–H and O–H groups in total. The number of nitrogens with one attached hydrogen (secondary N) is 1. The van der Waals surface area contributed by atoms with Gasteiger partial charge in [-0.2, -0.15) is 0 Å². The zero-order valence-corrected chi connectivity index (χ0v) is 12.6. The number of morpholine rings is 1. The van der Waals surface area contributed by atoms with Gasteiger partial charge in [0.2, 0.25) is 0 Å². The summed E-state index contributed by atoms with van der Waals surface area (Å²) in [6, 6.07) is 8.67. The summed E-state index contributed by atoms with van der Waals surface area (Å²) < 4.78 is 6.91. The van der Waals surface area contributed by atoms with Crippen LogP contribution < -0.4 is 5.32 Å². The van der Waals surface area contributed by atoms with Crippen molar-refractivity contribution in [2.45, 2.75) is 19.1 Å². The fourth-order valence-electron chi connectivity index (χ4n) is 2.23. The lowest BCUT2D eigenvalue weighted by molar-refractivity contribution is -0.0191. The van der Waals surface area contributed by atoms with Gasteiger partial charge >= 0.3 is 0 Å². The molecule has 0 spiro atoms. The molecule has 1 saturated heterocycles. The van der Waals surface area contributed by atoms with Crippen LogP contribution in [0.2, 0.25) is 0 Å². The fraction of sp³-hybridized carbons (Fsp3) is 0.571. The number of nitrogens with zero attached hydrogens (tertiary/aromatic N) is 1. The maximum atomic E-state index is 5.75. The van der Waals surface area contributed by atoms with Gasteiger partial charge in [0.15, 0.2) is 0 Å². The lowest BCUT2D eigenvalue weighted by Crippen LogP contribution is -2.45. The topological polar surface area (TPSA) is 24.5 Å². The molecule has 0 aromatic heterocycles. The van der Waals surface area contributed by atoms with E-state index in [1.807, 2.05) is 6.07 Å². The first-order chi connectivity index (χ1) is 8.66. The number of likely N-dealkylation sites (N-methyl/N-ethyl adjacent to an activating group) is 1. The van der Waals surface area contributed by atoms with Crippen LogP contribution in [0, 0.1) is 0 Å². The Morgan fingerprint density at radius 3 is 3.00 bits per heavy atom. The molecule has 0 saturated carbocycles. The molecule has 18 heavy (non-hydrogen) atoms. The molecular weight excluding hydrogens is 292 g/mol. The minimum Gasteiger partial charge on any atom is -0.374 e. The van der Waals surface area contributed by atoms with E-state index in [0.29, 0.717) is 12.1 Å². The van der Waals surface area contributed by atoms with Gasteiger partial charge in [-0.15, -0.1) is 0 Å². The van der Waals surface area contributed by atoms with Crippen molar-refractivity contribution in [3.63, 3.8) is 0 Å². The summed E-state index contributed by atoms with van der Waals surface area (Å²) in [5.41, 5.74) is 1.29. The molecule has 1 aromatic carbocycles. The van der Waals surface area contributed by atoms with Crippen molar-refractivity contribution in [2.24, 2.45) is 0 Å². The molecule has 0 radical (unpaired) electrons. The van der Waals surface area contributed by atoms with E-state index in [2.05, 4.69) is 58.3 Å². The third-order valence-corrected chi connectivity index (χ3v) is 4.09. The van der Waals surface area contributed by atoms with Gasteiger partial charge in [-0.25, -0.2) is 0 Å². The molecule has 2 atom stereocenters. The zero-order chi connectivity index (χ0) is 13.0. The number of rotatable bonds is 4. The van der Waals surface area contributed by atoms with E-state index in [1.165, 1.54) is 5.56 Å². The van der Waals surface area contributed by atoms with E-state index in [9.17, 15) is 0 Å². The van der Waals surface area contributed by atoms with Crippen LogP contribution in [0.25, 0.3) is 0 Å². The van der Waals surface area contributed by atoms with Gasteiger partial charge in [0.25, 0.3) is 0 Å². The predicted octanol–water partition coefficient (Wildman–Crippen LogP) is 2.43. The van der Waals surface area contributed by atoms with Crippen molar-refractivity contribution in [3.05, 3.63) is 34.3 Å². The van der Waals surface area contributed by atoms with Crippen LogP contribution in [0.4, 0.5) is 0 Å². The first-order valence-electron chi connectivity index (χ1n) is 6.45. The molecule has 0 aliphatic carbocycles. The van der Waals surface area contributed by atoms with E-state index in [-0.39, 0.29) is 0 Å². The van der Waals surface area contributed by atoms with Crippen molar-refractivity contribution in [1.29, 1.82) is 0 Å². The second kappa shape index (κ2) is 6.66. The molecule has 1 fully saturated rings. The number of hydrogen-bond donors (Lipinski definition) is 1. The van der Waals surface area contributed by atoms with Gasteiger partial charge in [-0.05, 0) is 25.6 Å². The molecule has 1 heterocycles. The number of hydrogen-bond acceptors (Lipinski definition) is 3. The summed E-state index contributed by atoms with van der Waals surface area (Å²) in [6.07, 6.45) is 0.300. The summed E-state index contributed by atoms with van der Waals surface area (Å²) >= 11 is 3.59. The molecule has 4 heteroatoms. The van der Waals surface area contributed by atoms with Crippen molar-refractivity contribution in [1.82, 2.24) is 10.2 Å². The molecule has 3 nitrogen and oxygen atoms in total. The quantitative estimate of drug-likeness (QED) is 0.924. The molecule has 0 bridgehead atoms. The minimum absolute atomic E-state index is 0.300. The second-order valence-corrected chi connectivity index (χ2v) is 5.76. The minimum atomic E-state index is 0.300. The highest BCUT2D eigenvalue weighted by molar-refractivity contribution is 9.10. The van der Waals surface area contributed by atoms with E-state index < -0.39 is 0 Å². The molecule has 0 unspecified atom stereocenters. The third kappa shape index (κ3) is 3.79. The number of halogens is 1. The van der Waals surface area contributed by atoms with Crippen LogP contribution in [0.5, 0.6) is 0 Å². The summed E-state index contributed by atoms with van der Waals surface area (Å²) in [5, 5.41) is 3.55. The molecule has 2 rings (SSSR count). The molecular formula is C14H21BrN2O. The average Bonchev–Trinajstić information content (AvgIpc) is 2.37.